The molecule has 6 atom stereocenters. The van der Waals surface area contributed by atoms with Gasteiger partial charge in [-0.25, -0.2) is 40.7 Å². The fourth-order valence-electron chi connectivity index (χ4n) is 12.8. The third-order valence-electron chi connectivity index (χ3n) is 17.5. The molecule has 20 nitrogen and oxygen atoms in total. The maximum absolute atomic E-state index is 13.3. The predicted molar refractivity (Wildman–Crippen MR) is 368 cm³/mol. The van der Waals surface area contributed by atoms with Crippen molar-refractivity contribution in [2.45, 2.75) is 201 Å². The summed E-state index contributed by atoms with van der Waals surface area (Å²) in [5.41, 5.74) is 9.56. The molecular formula is C67H96Cl4N10O10S2. The second kappa shape index (κ2) is 35.9. The number of carbonyl (C=O) groups excluding carboxylic acids is 3. The number of nitrogens with two attached hydrogens (primary N) is 1. The van der Waals surface area contributed by atoms with Gasteiger partial charge in [-0.2, -0.15) is 0 Å². The third kappa shape index (κ3) is 23.2. The molecular weight excluding hydrogens is 1310 g/mol. The molecule has 0 spiro atoms. The van der Waals surface area contributed by atoms with Gasteiger partial charge in [-0.3, -0.25) is 9.80 Å². The lowest BCUT2D eigenvalue weighted by Crippen LogP contribution is -2.53. The molecule has 9 N–H and O–H groups in total. The number of sulfonamides is 2. The summed E-state index contributed by atoms with van der Waals surface area (Å²) in [6.07, 6.45) is 15.9. The number of unbranched alkanes of at least 4 members (excludes halogenated alkanes) is 11. The Kier molecular flexibility index (Phi) is 28.6. The highest BCUT2D eigenvalue weighted by Crippen LogP contribution is 2.45. The van der Waals surface area contributed by atoms with E-state index in [9.17, 15) is 31.2 Å². The van der Waals surface area contributed by atoms with Gasteiger partial charge >= 0.3 is 18.2 Å². The van der Waals surface area contributed by atoms with Crippen molar-refractivity contribution >= 4 is 84.6 Å². The molecule has 2 fully saturated rings. The van der Waals surface area contributed by atoms with Gasteiger partial charge in [-0.05, 0) is 195 Å². The molecule has 4 aromatic rings. The van der Waals surface area contributed by atoms with Crippen LogP contribution in [0.4, 0.5) is 14.4 Å². The number of halogens is 4. The minimum Gasteiger partial charge on any atom is -0.484 e. The van der Waals surface area contributed by atoms with E-state index in [2.05, 4.69) is 45.8 Å². The molecule has 4 aromatic carbocycles. The van der Waals surface area contributed by atoms with Crippen molar-refractivity contribution in [3.05, 3.63) is 115 Å². The van der Waals surface area contributed by atoms with Gasteiger partial charge in [0.25, 0.3) is 0 Å². The Morgan fingerprint density at radius 2 is 0.903 bits per heavy atom. The summed E-state index contributed by atoms with van der Waals surface area (Å²) in [4.78, 5) is 42.2. The first kappa shape index (κ1) is 74.0. The maximum Gasteiger partial charge on any atom is 0.407 e. The number of carbonyl (C=O) groups is 3. The minimum atomic E-state index is -3.75. The highest BCUT2D eigenvalue weighted by atomic mass is 35.5. The molecule has 4 aliphatic rings. The van der Waals surface area contributed by atoms with E-state index in [1.807, 2.05) is 32.9 Å². The Hall–Kier alpha value is -4.85. The van der Waals surface area contributed by atoms with Gasteiger partial charge in [0.1, 0.15) is 29.3 Å². The summed E-state index contributed by atoms with van der Waals surface area (Å²) in [5.74, 6) is 1.07. The highest BCUT2D eigenvalue weighted by Gasteiger charge is 2.43. The summed E-state index contributed by atoms with van der Waals surface area (Å²) >= 11 is 26.3. The number of fused-ring (bicyclic) bond motifs is 2. The van der Waals surface area contributed by atoms with Crippen LogP contribution in [0, 0.1) is 0 Å². The first-order chi connectivity index (χ1) is 44.5. The Bertz CT molecular complexity index is 3310. The number of urea groups is 2. The molecule has 5 amide bonds. The minimum absolute atomic E-state index is 0.0280. The van der Waals surface area contributed by atoms with E-state index in [0.29, 0.717) is 96.7 Å². The normalized spacial score (nSPS) is 20.1. The molecule has 0 unspecified atom stereocenters. The predicted octanol–water partition coefficient (Wildman–Crippen LogP) is 12.1. The third-order valence-corrected chi connectivity index (χ3v) is 21.5. The van der Waals surface area contributed by atoms with Crippen molar-refractivity contribution in [2.75, 3.05) is 65.4 Å². The zero-order chi connectivity index (χ0) is 66.5. The molecule has 0 radical (unpaired) electrons. The molecule has 0 bridgehead atoms. The monoisotopic (exact) mass is 1400 g/mol. The summed E-state index contributed by atoms with van der Waals surface area (Å²) in [6.45, 7) is 11.4. The van der Waals surface area contributed by atoms with Gasteiger partial charge in [0, 0.05) is 95.7 Å². The lowest BCUT2D eigenvalue weighted by Gasteiger charge is -2.39. The molecule has 2 heterocycles. The van der Waals surface area contributed by atoms with E-state index in [4.69, 9.17) is 66.3 Å². The van der Waals surface area contributed by atoms with Gasteiger partial charge in [0.05, 0.1) is 21.9 Å². The smallest absolute Gasteiger partial charge is 0.407 e. The number of amides is 5. The highest BCUT2D eigenvalue weighted by molar-refractivity contribution is 7.89. The lowest BCUT2D eigenvalue weighted by molar-refractivity contribution is 0.0361. The molecule has 0 aromatic heterocycles. The van der Waals surface area contributed by atoms with Crippen molar-refractivity contribution in [3.8, 4) is 11.5 Å². The van der Waals surface area contributed by atoms with Gasteiger partial charge in [-0.1, -0.05) is 97.8 Å². The first-order valence-corrected chi connectivity index (χ1v) is 37.7. The second-order valence-corrected chi connectivity index (χ2v) is 31.2. The van der Waals surface area contributed by atoms with Crippen molar-refractivity contribution in [2.24, 2.45) is 5.73 Å². The summed E-state index contributed by atoms with van der Waals surface area (Å²) < 4.78 is 77.0. The number of piperidine rings is 2. The van der Waals surface area contributed by atoms with Crippen LogP contribution < -0.4 is 51.2 Å². The summed E-state index contributed by atoms with van der Waals surface area (Å²) in [6, 6.07) is 19.8. The molecule has 2 aliphatic carbocycles. The van der Waals surface area contributed by atoms with Crippen LogP contribution >= 0.6 is 46.4 Å². The van der Waals surface area contributed by atoms with Crippen LogP contribution in [0.2, 0.25) is 20.1 Å². The number of benzene rings is 4. The average molecular weight is 1410 g/mol. The number of nitrogens with zero attached hydrogens (tertiary/aromatic N) is 2. The SMILES string of the molecule is CC(C)(C)OC(=O)N[C@@H]1CCCN([C@H]2Cc3c(Cl)cc(Cl)cc3[C@@H]2Oc2ccc(S(=O)(=O)NCCCCCCCCNC(=O)NCCCCNC(=O)NCCCCCCCCNS(=O)(=O)c3ccc(O[C@H]4c5cc(Cl)cc(Cl)c5C[C@@H]4N4CCC[C@@H](N)C4)cc3)cc2)C1. The molecule has 26 heteroatoms. The number of ether oxygens (including phenoxy) is 3. The molecule has 8 rings (SSSR count). The molecule has 2 aliphatic heterocycles. The number of alkyl carbamates (subject to hydrolysis) is 1. The van der Waals surface area contributed by atoms with Crippen LogP contribution in [-0.2, 0) is 37.6 Å². The summed E-state index contributed by atoms with van der Waals surface area (Å²) in [7, 11) is -7.45. The summed E-state index contributed by atoms with van der Waals surface area (Å²) in [5, 5.41) is 16.8. The van der Waals surface area contributed by atoms with Gasteiger partial charge in [-0.15, -0.1) is 0 Å². The largest absolute Gasteiger partial charge is 0.484 e. The number of rotatable bonds is 34. The van der Waals surface area contributed by atoms with Crippen molar-refractivity contribution < 1.29 is 45.4 Å². The quantitative estimate of drug-likeness (QED) is 0.0203. The standard InChI is InChI=1S/C67H96Cl4N10O10S2/c1-67(2,3)91-66(84)79-49-21-19-37-81(45-49)61-43-55-57(39-47(69)41-59(55)71)63(61)90-51-24-28-53(29-25-51)93(87,88)78-35-15-11-7-5-9-13-31-74-65(83)76-33-17-16-32-75-64(82)73-30-12-8-4-6-10-14-34-77-92(85,86)52-26-22-50(23-27-52)89-62-56-38-46(68)40-58(70)54(56)42-60(62)80-36-18-20-48(72)44-80/h22-29,38-41,48-49,60-63,77-78H,4-21,30-37,42-45,72H2,1-3H3,(H,79,84)(H2,73,75,82)(H2,74,76,83)/t48-,49-,60+,61+,62+,63+/m1/s1. The Balaban J connectivity index is 0.592. The molecule has 2 saturated heterocycles. The van der Waals surface area contributed by atoms with E-state index < -0.39 is 37.8 Å². The van der Waals surface area contributed by atoms with Crippen molar-refractivity contribution in [1.82, 2.24) is 45.8 Å². The fraction of sp³-hybridized carbons (Fsp3) is 0.597. The van der Waals surface area contributed by atoms with E-state index in [0.717, 1.165) is 151 Å². The second-order valence-electron chi connectivity index (χ2n) is 26.0. The lowest BCUT2D eigenvalue weighted by atomic mass is 10.0. The zero-order valence-corrected chi connectivity index (χ0v) is 58.6. The molecule has 0 saturated carbocycles. The number of hydrogen-bond acceptors (Lipinski definition) is 13. The average Bonchev–Trinajstić information content (AvgIpc) is 1.63. The van der Waals surface area contributed by atoms with Crippen LogP contribution in [0.1, 0.15) is 171 Å². The Labute approximate surface area is 571 Å². The van der Waals surface area contributed by atoms with Crippen molar-refractivity contribution in [3.63, 3.8) is 0 Å². The van der Waals surface area contributed by atoms with Gasteiger partial charge in [0.15, 0.2) is 0 Å². The maximum atomic E-state index is 13.3. The Morgan fingerprint density at radius 3 is 1.31 bits per heavy atom. The van der Waals surface area contributed by atoms with Crippen molar-refractivity contribution in [1.29, 1.82) is 0 Å². The van der Waals surface area contributed by atoms with Crippen LogP contribution in [0.15, 0.2) is 82.6 Å². The molecule has 93 heavy (non-hydrogen) atoms. The van der Waals surface area contributed by atoms with Crippen LogP contribution in [0.5, 0.6) is 11.5 Å². The number of likely N-dealkylation sites (tertiary alicyclic amines) is 2. The number of nitrogens with one attached hydrogen (secondary N) is 7. The van der Waals surface area contributed by atoms with E-state index >= 15 is 0 Å². The number of hydrogen-bond donors (Lipinski definition) is 8. The first-order valence-electron chi connectivity index (χ1n) is 33.3. The van der Waals surface area contributed by atoms with Gasteiger partial charge < -0.3 is 46.5 Å². The Morgan fingerprint density at radius 1 is 0.527 bits per heavy atom. The van der Waals surface area contributed by atoms with Crippen LogP contribution in [-0.4, -0.2) is 140 Å². The topological polar surface area (TPSA) is 264 Å². The van der Waals surface area contributed by atoms with E-state index in [1.165, 1.54) is 0 Å². The van der Waals surface area contributed by atoms with E-state index in [1.54, 1.807) is 60.7 Å². The van der Waals surface area contributed by atoms with Crippen LogP contribution in [0.3, 0.4) is 0 Å². The van der Waals surface area contributed by atoms with Crippen LogP contribution in [0.25, 0.3) is 0 Å². The van der Waals surface area contributed by atoms with Gasteiger partial charge in [0.2, 0.25) is 20.0 Å². The molecule has 514 valence electrons. The fourth-order valence-corrected chi connectivity index (χ4v) is 16.1. The van der Waals surface area contributed by atoms with E-state index in [-0.39, 0.29) is 52.1 Å². The zero-order valence-electron chi connectivity index (χ0n) is 54.0.